The Morgan fingerprint density at radius 1 is 1.59 bits per heavy atom. The number of ether oxygens (including phenoxy) is 1. The number of hydrogen-bond acceptors (Lipinski definition) is 4. The SMILES string of the molecule is Cc1cnn(-c2ccnc(Cl)c2OC(N)=O)c1. The molecule has 2 rings (SSSR count). The Kier molecular flexibility index (Phi) is 2.97. The third-order valence-electron chi connectivity index (χ3n) is 2.00. The lowest BCUT2D eigenvalue weighted by Gasteiger charge is -2.09. The molecule has 1 amide bonds. The van der Waals surface area contributed by atoms with E-state index in [1.54, 1.807) is 18.5 Å². The number of aromatic nitrogens is 3. The molecule has 17 heavy (non-hydrogen) atoms. The number of rotatable bonds is 2. The lowest BCUT2D eigenvalue weighted by atomic mass is 10.3. The Labute approximate surface area is 102 Å². The fraction of sp³-hybridized carbons (Fsp3) is 0.100. The lowest BCUT2D eigenvalue weighted by Crippen LogP contribution is -2.18. The minimum atomic E-state index is -0.954. The van der Waals surface area contributed by atoms with Crippen LogP contribution in [0.1, 0.15) is 5.56 Å². The molecule has 7 heteroatoms. The molecule has 2 heterocycles. The van der Waals surface area contributed by atoms with Crippen molar-refractivity contribution in [3.63, 3.8) is 0 Å². The van der Waals surface area contributed by atoms with Gasteiger partial charge in [0.15, 0.2) is 10.9 Å². The van der Waals surface area contributed by atoms with Crippen LogP contribution < -0.4 is 10.5 Å². The van der Waals surface area contributed by atoms with Gasteiger partial charge in [-0.2, -0.15) is 5.10 Å². The molecule has 0 spiro atoms. The average molecular weight is 253 g/mol. The molecule has 0 atom stereocenters. The van der Waals surface area contributed by atoms with Gasteiger partial charge >= 0.3 is 6.09 Å². The smallest absolute Gasteiger partial charge is 0.405 e. The van der Waals surface area contributed by atoms with Crippen molar-refractivity contribution >= 4 is 17.7 Å². The lowest BCUT2D eigenvalue weighted by molar-refractivity contribution is 0.210. The van der Waals surface area contributed by atoms with Gasteiger partial charge in [-0.15, -0.1) is 0 Å². The molecular weight excluding hydrogens is 244 g/mol. The molecule has 0 fully saturated rings. The van der Waals surface area contributed by atoms with E-state index in [-0.39, 0.29) is 10.9 Å². The molecule has 0 aliphatic heterocycles. The summed E-state index contributed by atoms with van der Waals surface area (Å²) in [5.74, 6) is 0.0877. The molecule has 0 bridgehead atoms. The predicted octanol–water partition coefficient (Wildman–Crippen LogP) is 1.69. The maximum atomic E-state index is 10.8. The second kappa shape index (κ2) is 4.42. The van der Waals surface area contributed by atoms with E-state index >= 15 is 0 Å². The van der Waals surface area contributed by atoms with E-state index in [0.717, 1.165) is 5.56 Å². The van der Waals surface area contributed by atoms with Crippen molar-refractivity contribution in [2.24, 2.45) is 5.73 Å². The van der Waals surface area contributed by atoms with E-state index in [0.29, 0.717) is 5.69 Å². The van der Waals surface area contributed by atoms with Gasteiger partial charge in [-0.05, 0) is 18.6 Å². The van der Waals surface area contributed by atoms with Crippen LogP contribution in [0, 0.1) is 6.92 Å². The zero-order chi connectivity index (χ0) is 12.4. The Morgan fingerprint density at radius 2 is 2.35 bits per heavy atom. The molecule has 0 aromatic carbocycles. The quantitative estimate of drug-likeness (QED) is 0.825. The Bertz CT molecular complexity index is 567. The summed E-state index contributed by atoms with van der Waals surface area (Å²) in [5.41, 5.74) is 6.43. The third kappa shape index (κ3) is 2.36. The standard InChI is InChI=1S/C10H9ClN4O2/c1-6-4-14-15(5-6)7-2-3-13-9(11)8(7)17-10(12)16/h2-5H,1H3,(H2,12,16). The number of amides is 1. The summed E-state index contributed by atoms with van der Waals surface area (Å²) >= 11 is 5.85. The van der Waals surface area contributed by atoms with Crippen LogP contribution in [0.4, 0.5) is 4.79 Å². The average Bonchev–Trinajstić information content (AvgIpc) is 2.67. The van der Waals surface area contributed by atoms with Crippen molar-refractivity contribution in [2.45, 2.75) is 6.92 Å². The fourth-order valence-electron chi connectivity index (χ4n) is 1.33. The van der Waals surface area contributed by atoms with Gasteiger partial charge in [0.2, 0.25) is 0 Å². The van der Waals surface area contributed by atoms with Gasteiger partial charge in [-0.25, -0.2) is 14.5 Å². The number of aryl methyl sites for hydroxylation is 1. The molecule has 0 radical (unpaired) electrons. The monoisotopic (exact) mass is 252 g/mol. The summed E-state index contributed by atoms with van der Waals surface area (Å²) in [4.78, 5) is 14.6. The number of pyridine rings is 1. The zero-order valence-electron chi connectivity index (χ0n) is 8.92. The molecule has 2 aromatic heterocycles. The fourth-order valence-corrected chi connectivity index (χ4v) is 1.52. The van der Waals surface area contributed by atoms with E-state index in [2.05, 4.69) is 10.1 Å². The van der Waals surface area contributed by atoms with Crippen LogP contribution in [-0.2, 0) is 0 Å². The number of halogens is 1. The molecule has 0 saturated carbocycles. The van der Waals surface area contributed by atoms with Crippen molar-refractivity contribution in [3.05, 3.63) is 35.4 Å². The normalized spacial score (nSPS) is 10.2. The van der Waals surface area contributed by atoms with Gasteiger partial charge in [0.1, 0.15) is 5.69 Å². The molecule has 88 valence electrons. The van der Waals surface area contributed by atoms with Crippen molar-refractivity contribution in [2.75, 3.05) is 0 Å². The summed E-state index contributed by atoms with van der Waals surface area (Å²) in [5, 5.41) is 4.14. The van der Waals surface area contributed by atoms with E-state index in [1.165, 1.54) is 10.9 Å². The van der Waals surface area contributed by atoms with Crippen LogP contribution in [-0.4, -0.2) is 20.9 Å². The van der Waals surface area contributed by atoms with Crippen LogP contribution in [0.3, 0.4) is 0 Å². The molecule has 0 unspecified atom stereocenters. The van der Waals surface area contributed by atoms with E-state index in [1.807, 2.05) is 6.92 Å². The Morgan fingerprint density at radius 3 is 2.94 bits per heavy atom. The highest BCUT2D eigenvalue weighted by molar-refractivity contribution is 6.31. The first-order chi connectivity index (χ1) is 8.08. The minimum Gasteiger partial charge on any atom is -0.405 e. The van der Waals surface area contributed by atoms with Gasteiger partial charge in [0, 0.05) is 12.4 Å². The highest BCUT2D eigenvalue weighted by Crippen LogP contribution is 2.29. The highest BCUT2D eigenvalue weighted by Gasteiger charge is 2.14. The van der Waals surface area contributed by atoms with Crippen LogP contribution in [0.5, 0.6) is 5.75 Å². The van der Waals surface area contributed by atoms with Gasteiger partial charge in [-0.1, -0.05) is 11.6 Å². The van der Waals surface area contributed by atoms with E-state index in [4.69, 9.17) is 22.1 Å². The topological polar surface area (TPSA) is 83.0 Å². The third-order valence-corrected chi connectivity index (χ3v) is 2.27. The van der Waals surface area contributed by atoms with Crippen LogP contribution >= 0.6 is 11.6 Å². The number of carbonyl (C=O) groups excluding carboxylic acids is 1. The first kappa shape index (κ1) is 11.4. The summed E-state index contributed by atoms with van der Waals surface area (Å²) in [6.45, 7) is 1.89. The number of nitrogens with zero attached hydrogens (tertiary/aromatic N) is 3. The van der Waals surface area contributed by atoms with Crippen molar-refractivity contribution in [1.82, 2.24) is 14.8 Å². The number of primary amides is 1. The minimum absolute atomic E-state index is 0.0504. The van der Waals surface area contributed by atoms with Gasteiger partial charge in [-0.3, -0.25) is 0 Å². The molecule has 2 N–H and O–H groups in total. The maximum Gasteiger partial charge on any atom is 0.410 e. The van der Waals surface area contributed by atoms with Crippen LogP contribution in [0.25, 0.3) is 5.69 Å². The number of hydrogen-bond donors (Lipinski definition) is 1. The summed E-state index contributed by atoms with van der Waals surface area (Å²) in [6, 6.07) is 1.62. The van der Waals surface area contributed by atoms with Crippen molar-refractivity contribution in [3.8, 4) is 11.4 Å². The second-order valence-electron chi connectivity index (χ2n) is 3.33. The molecular formula is C10H9ClN4O2. The predicted molar refractivity (Wildman–Crippen MR) is 61.3 cm³/mol. The first-order valence-corrected chi connectivity index (χ1v) is 5.09. The van der Waals surface area contributed by atoms with Gasteiger partial charge in [0.05, 0.1) is 6.20 Å². The van der Waals surface area contributed by atoms with Crippen LogP contribution in [0.15, 0.2) is 24.7 Å². The van der Waals surface area contributed by atoms with E-state index in [9.17, 15) is 4.79 Å². The Hall–Kier alpha value is -2.08. The zero-order valence-corrected chi connectivity index (χ0v) is 9.68. The number of carbonyl (C=O) groups is 1. The summed E-state index contributed by atoms with van der Waals surface area (Å²) in [6.07, 6.45) is 3.97. The highest BCUT2D eigenvalue weighted by atomic mass is 35.5. The molecule has 0 aliphatic carbocycles. The second-order valence-corrected chi connectivity index (χ2v) is 3.69. The van der Waals surface area contributed by atoms with Crippen LogP contribution in [0.2, 0.25) is 5.15 Å². The maximum absolute atomic E-state index is 10.8. The molecule has 6 nitrogen and oxygen atoms in total. The van der Waals surface area contributed by atoms with Crippen molar-refractivity contribution < 1.29 is 9.53 Å². The first-order valence-electron chi connectivity index (χ1n) is 4.71. The van der Waals surface area contributed by atoms with Gasteiger partial charge < -0.3 is 10.5 Å². The van der Waals surface area contributed by atoms with Gasteiger partial charge in [0.25, 0.3) is 0 Å². The summed E-state index contributed by atoms with van der Waals surface area (Å²) in [7, 11) is 0. The Balaban J connectivity index is 2.53. The number of nitrogens with two attached hydrogens (primary N) is 1. The molecule has 0 aliphatic rings. The molecule has 0 saturated heterocycles. The summed E-state index contributed by atoms with van der Waals surface area (Å²) < 4.78 is 6.35. The van der Waals surface area contributed by atoms with E-state index < -0.39 is 6.09 Å². The largest absolute Gasteiger partial charge is 0.410 e. The molecule has 2 aromatic rings. The van der Waals surface area contributed by atoms with Crippen molar-refractivity contribution in [1.29, 1.82) is 0 Å².